The molecule has 2 aromatic rings. The molecule has 0 atom stereocenters. The summed E-state index contributed by atoms with van der Waals surface area (Å²) in [5, 5.41) is 8.65. The molecule has 0 saturated heterocycles. The number of ether oxygens (including phenoxy) is 1. The Morgan fingerprint density at radius 3 is 2.64 bits per heavy atom. The fourth-order valence-electron chi connectivity index (χ4n) is 1.74. The number of hydrogen-bond acceptors (Lipinski definition) is 3. The van der Waals surface area contributed by atoms with E-state index >= 15 is 0 Å². The molecular weight excluding hydrogens is 301 g/mol. The summed E-state index contributed by atoms with van der Waals surface area (Å²) in [4.78, 5) is 14.2. The number of rotatable bonds is 4. The summed E-state index contributed by atoms with van der Waals surface area (Å²) in [5.41, 5.74) is -0.837. The van der Waals surface area contributed by atoms with Crippen molar-refractivity contribution in [1.82, 2.24) is 9.55 Å². The second kappa shape index (κ2) is 5.92. The molecule has 0 fully saturated rings. The van der Waals surface area contributed by atoms with Crippen molar-refractivity contribution in [3.05, 3.63) is 47.9 Å². The van der Waals surface area contributed by atoms with Gasteiger partial charge in [-0.2, -0.15) is 13.2 Å². The van der Waals surface area contributed by atoms with Gasteiger partial charge in [-0.3, -0.25) is 0 Å². The van der Waals surface area contributed by atoms with E-state index in [-0.39, 0.29) is 11.4 Å². The minimum atomic E-state index is -4.60. The number of hydrogen-bond donors (Lipinski definition) is 1. The van der Waals surface area contributed by atoms with Gasteiger partial charge in [-0.1, -0.05) is 0 Å². The van der Waals surface area contributed by atoms with Crippen LogP contribution >= 0.6 is 0 Å². The van der Waals surface area contributed by atoms with Gasteiger partial charge in [0, 0.05) is 17.8 Å². The molecule has 0 aliphatic heterocycles. The maximum atomic E-state index is 12.8. The van der Waals surface area contributed by atoms with Crippen molar-refractivity contribution in [2.45, 2.75) is 6.18 Å². The molecule has 0 aliphatic carbocycles. The van der Waals surface area contributed by atoms with Crippen LogP contribution in [0.1, 0.15) is 11.3 Å². The van der Waals surface area contributed by atoms with Crippen molar-refractivity contribution in [1.29, 1.82) is 0 Å². The van der Waals surface area contributed by atoms with Crippen molar-refractivity contribution in [3.8, 4) is 11.6 Å². The third-order valence-corrected chi connectivity index (χ3v) is 2.75. The first-order chi connectivity index (χ1) is 10.3. The minimum Gasteiger partial charge on any atom is -0.495 e. The van der Waals surface area contributed by atoms with E-state index in [1.54, 1.807) is 6.07 Å². The molecule has 0 unspecified atom stereocenters. The Bertz CT molecular complexity index is 720. The van der Waals surface area contributed by atoms with E-state index in [1.165, 1.54) is 30.1 Å². The molecule has 116 valence electrons. The highest BCUT2D eigenvalue weighted by Gasteiger charge is 2.33. The lowest BCUT2D eigenvalue weighted by Crippen LogP contribution is -2.11. The van der Waals surface area contributed by atoms with Crippen LogP contribution in [0.15, 0.2) is 36.7 Å². The number of halogens is 3. The molecule has 2 aromatic heterocycles. The first-order valence-corrected chi connectivity index (χ1v) is 6.03. The van der Waals surface area contributed by atoms with Crippen LogP contribution in [0.25, 0.3) is 11.9 Å². The lowest BCUT2D eigenvalue weighted by atomic mass is 10.2. The third kappa shape index (κ3) is 3.46. The molecule has 0 bridgehead atoms. The van der Waals surface area contributed by atoms with Gasteiger partial charge in [-0.15, -0.1) is 0 Å². The highest BCUT2D eigenvalue weighted by Crippen LogP contribution is 2.30. The molecule has 2 rings (SSSR count). The molecule has 5 nitrogen and oxygen atoms in total. The zero-order chi connectivity index (χ0) is 16.3. The van der Waals surface area contributed by atoms with Gasteiger partial charge in [0.15, 0.2) is 0 Å². The normalized spacial score (nSPS) is 11.8. The summed E-state index contributed by atoms with van der Waals surface area (Å²) in [7, 11) is 1.42. The zero-order valence-corrected chi connectivity index (χ0v) is 11.3. The lowest BCUT2D eigenvalue weighted by Gasteiger charge is -2.11. The Hall–Kier alpha value is -2.77. The van der Waals surface area contributed by atoms with E-state index in [1.807, 2.05) is 0 Å². The van der Waals surface area contributed by atoms with E-state index in [2.05, 4.69) is 4.98 Å². The van der Waals surface area contributed by atoms with Gasteiger partial charge in [0.2, 0.25) is 0 Å². The van der Waals surface area contributed by atoms with Gasteiger partial charge >= 0.3 is 12.1 Å². The van der Waals surface area contributed by atoms with Gasteiger partial charge in [0.25, 0.3) is 0 Å². The van der Waals surface area contributed by atoms with Gasteiger partial charge in [-0.05, 0) is 24.3 Å². The number of aliphatic carboxylic acids is 1. The maximum absolute atomic E-state index is 12.8. The summed E-state index contributed by atoms with van der Waals surface area (Å²) in [6, 6.07) is 3.51. The fourth-order valence-corrected chi connectivity index (χ4v) is 1.74. The Morgan fingerprint density at radius 1 is 1.36 bits per heavy atom. The smallest absolute Gasteiger partial charge is 0.433 e. The van der Waals surface area contributed by atoms with Crippen molar-refractivity contribution < 1.29 is 27.8 Å². The first-order valence-electron chi connectivity index (χ1n) is 6.03. The number of carbonyl (C=O) groups is 1. The van der Waals surface area contributed by atoms with Crippen LogP contribution < -0.4 is 4.74 Å². The quantitative estimate of drug-likeness (QED) is 0.882. The van der Waals surface area contributed by atoms with Gasteiger partial charge in [0.05, 0.1) is 13.3 Å². The molecule has 0 aromatic carbocycles. The van der Waals surface area contributed by atoms with E-state index < -0.39 is 17.8 Å². The zero-order valence-electron chi connectivity index (χ0n) is 11.3. The molecule has 22 heavy (non-hydrogen) atoms. The average molecular weight is 312 g/mol. The van der Waals surface area contributed by atoms with Crippen LogP contribution in [0.3, 0.4) is 0 Å². The largest absolute Gasteiger partial charge is 0.495 e. The second-order valence-corrected chi connectivity index (χ2v) is 4.24. The van der Waals surface area contributed by atoms with Crippen LogP contribution in [0, 0.1) is 0 Å². The Balaban J connectivity index is 2.56. The Labute approximate surface area is 123 Å². The number of alkyl halides is 3. The second-order valence-electron chi connectivity index (χ2n) is 4.24. The molecular formula is C14H11F3N2O3. The Morgan fingerprint density at radius 2 is 2.09 bits per heavy atom. The predicted molar refractivity (Wildman–Crippen MR) is 71.8 cm³/mol. The summed E-state index contributed by atoms with van der Waals surface area (Å²) in [5.74, 6) is -0.820. The predicted octanol–water partition coefficient (Wildman–Crippen LogP) is 3.00. The standard InChI is InChI=1S/C14H11F3N2O3/c1-22-10-6-7-19(8-10)13-9(3-5-12(20)21)2-4-11(18-13)14(15,16)17/h2-8H,1H3,(H,20,21). The number of pyridine rings is 1. The topological polar surface area (TPSA) is 64.4 Å². The van der Waals surface area contributed by atoms with Gasteiger partial charge < -0.3 is 14.4 Å². The average Bonchev–Trinajstić information content (AvgIpc) is 2.92. The number of carboxylic acid groups (broad SMARTS) is 1. The molecule has 0 radical (unpaired) electrons. The number of carboxylic acids is 1. The summed E-state index contributed by atoms with van der Waals surface area (Å²) < 4.78 is 44.7. The highest BCUT2D eigenvalue weighted by atomic mass is 19.4. The van der Waals surface area contributed by atoms with Gasteiger partial charge in [0.1, 0.15) is 17.3 Å². The van der Waals surface area contributed by atoms with Crippen molar-refractivity contribution >= 4 is 12.0 Å². The van der Waals surface area contributed by atoms with E-state index in [0.29, 0.717) is 5.75 Å². The fraction of sp³-hybridized carbons (Fsp3) is 0.143. The lowest BCUT2D eigenvalue weighted by molar-refractivity contribution is -0.141. The van der Waals surface area contributed by atoms with E-state index in [0.717, 1.165) is 18.2 Å². The molecule has 0 spiro atoms. The highest BCUT2D eigenvalue weighted by molar-refractivity contribution is 5.86. The summed E-state index contributed by atoms with van der Waals surface area (Å²) in [6.07, 6.45) is 0.326. The summed E-state index contributed by atoms with van der Waals surface area (Å²) >= 11 is 0. The summed E-state index contributed by atoms with van der Waals surface area (Å²) in [6.45, 7) is 0. The van der Waals surface area contributed by atoms with Crippen LogP contribution in [0.2, 0.25) is 0 Å². The maximum Gasteiger partial charge on any atom is 0.433 e. The number of methoxy groups -OCH3 is 1. The monoisotopic (exact) mass is 312 g/mol. The van der Waals surface area contributed by atoms with Crippen molar-refractivity contribution in [2.24, 2.45) is 0 Å². The van der Waals surface area contributed by atoms with E-state index in [9.17, 15) is 18.0 Å². The first kappa shape index (κ1) is 15.6. The molecule has 1 N–H and O–H groups in total. The molecule has 0 aliphatic rings. The SMILES string of the molecule is COc1ccn(-c2nc(C(F)(F)F)ccc2C=CC(=O)O)c1. The molecule has 2 heterocycles. The van der Waals surface area contributed by atoms with Crippen molar-refractivity contribution in [3.63, 3.8) is 0 Å². The van der Waals surface area contributed by atoms with Crippen LogP contribution in [0.4, 0.5) is 13.2 Å². The van der Waals surface area contributed by atoms with Crippen LogP contribution in [-0.4, -0.2) is 27.7 Å². The molecule has 0 saturated carbocycles. The number of aromatic nitrogens is 2. The third-order valence-electron chi connectivity index (χ3n) is 2.75. The van der Waals surface area contributed by atoms with Crippen molar-refractivity contribution in [2.75, 3.05) is 7.11 Å². The number of nitrogens with zero attached hydrogens (tertiary/aromatic N) is 2. The Kier molecular flexibility index (Phi) is 4.20. The van der Waals surface area contributed by atoms with Crippen LogP contribution in [-0.2, 0) is 11.0 Å². The van der Waals surface area contributed by atoms with Crippen LogP contribution in [0.5, 0.6) is 5.75 Å². The molecule has 8 heteroatoms. The van der Waals surface area contributed by atoms with E-state index in [4.69, 9.17) is 9.84 Å². The molecule has 0 amide bonds. The minimum absolute atomic E-state index is 0.0457. The van der Waals surface area contributed by atoms with Gasteiger partial charge in [-0.25, -0.2) is 9.78 Å².